The van der Waals surface area contributed by atoms with Gasteiger partial charge in [-0.3, -0.25) is 0 Å². The molecule has 0 heterocycles. The van der Waals surface area contributed by atoms with Gasteiger partial charge in [0.2, 0.25) is 0 Å². The molecule has 2 nitrogen and oxygen atoms in total. The molecule has 0 saturated heterocycles. The van der Waals surface area contributed by atoms with Crippen LogP contribution in [0.4, 0.5) is 0 Å². The lowest BCUT2D eigenvalue weighted by Crippen LogP contribution is -2.21. The lowest BCUT2D eigenvalue weighted by Gasteiger charge is -2.15. The first-order chi connectivity index (χ1) is 10.1. The summed E-state index contributed by atoms with van der Waals surface area (Å²) >= 11 is 12.1. The van der Waals surface area contributed by atoms with E-state index in [1.165, 1.54) is 0 Å². The first kappa shape index (κ1) is 16.2. The summed E-state index contributed by atoms with van der Waals surface area (Å²) in [6.45, 7) is 2.50. The fourth-order valence-electron chi connectivity index (χ4n) is 2.03. The lowest BCUT2D eigenvalue weighted by atomic mass is 10.0. The molecule has 1 atom stereocenters. The molecule has 0 aliphatic carbocycles. The first-order valence-corrected chi connectivity index (χ1v) is 7.76. The summed E-state index contributed by atoms with van der Waals surface area (Å²) in [5, 5.41) is 1.24. The molecule has 0 radical (unpaired) electrons. The fourth-order valence-corrected chi connectivity index (χ4v) is 2.50. The third kappa shape index (κ3) is 4.63. The van der Waals surface area contributed by atoms with Gasteiger partial charge in [-0.05, 0) is 36.6 Å². The molecule has 2 rings (SSSR count). The highest BCUT2D eigenvalue weighted by molar-refractivity contribution is 6.35. The number of ether oxygens (including phenoxy) is 1. The van der Waals surface area contributed by atoms with Gasteiger partial charge in [0.1, 0.15) is 12.4 Å². The molecule has 2 aromatic carbocycles. The summed E-state index contributed by atoms with van der Waals surface area (Å²) in [5.74, 6) is 0.854. The summed E-state index contributed by atoms with van der Waals surface area (Å²) in [7, 11) is 0. The van der Waals surface area contributed by atoms with Crippen LogP contribution in [0.15, 0.2) is 42.5 Å². The second kappa shape index (κ2) is 7.69. The number of hydrogen-bond acceptors (Lipinski definition) is 2. The van der Waals surface area contributed by atoms with Gasteiger partial charge in [0, 0.05) is 21.7 Å². The van der Waals surface area contributed by atoms with Crippen LogP contribution in [-0.4, -0.2) is 6.04 Å². The Kier molecular flexibility index (Phi) is 5.92. The molecule has 2 N–H and O–H groups in total. The van der Waals surface area contributed by atoms with Crippen molar-refractivity contribution < 1.29 is 4.74 Å². The van der Waals surface area contributed by atoms with Gasteiger partial charge in [0.15, 0.2) is 0 Å². The lowest BCUT2D eigenvalue weighted by molar-refractivity contribution is 0.302. The summed E-state index contributed by atoms with van der Waals surface area (Å²) in [5.41, 5.74) is 8.07. The number of nitrogens with two attached hydrogens (primary N) is 1. The Labute approximate surface area is 135 Å². The summed E-state index contributed by atoms with van der Waals surface area (Å²) < 4.78 is 5.91. The molecule has 112 valence electrons. The standard InChI is InChI=1S/C17H19Cl2NO/c1-2-15(20)9-12-5-3-4-6-17(12)21-11-13-7-8-14(18)10-16(13)19/h3-8,10,15H,2,9,11,20H2,1H3. The minimum absolute atomic E-state index is 0.147. The molecule has 0 spiro atoms. The average Bonchev–Trinajstić information content (AvgIpc) is 2.47. The van der Waals surface area contributed by atoms with Crippen molar-refractivity contribution in [3.05, 3.63) is 63.6 Å². The van der Waals surface area contributed by atoms with E-state index in [2.05, 4.69) is 6.92 Å². The Morgan fingerprint density at radius 2 is 1.86 bits per heavy atom. The Balaban J connectivity index is 2.09. The Bertz CT molecular complexity index is 601. The van der Waals surface area contributed by atoms with Crippen LogP contribution in [-0.2, 0) is 13.0 Å². The predicted molar refractivity (Wildman–Crippen MR) is 89.2 cm³/mol. The highest BCUT2D eigenvalue weighted by Gasteiger charge is 2.08. The van der Waals surface area contributed by atoms with Crippen molar-refractivity contribution in [2.45, 2.75) is 32.4 Å². The van der Waals surface area contributed by atoms with Crippen molar-refractivity contribution in [1.82, 2.24) is 0 Å². The Hall–Kier alpha value is -1.22. The van der Waals surface area contributed by atoms with E-state index in [4.69, 9.17) is 33.7 Å². The predicted octanol–water partition coefficient (Wildman–Crippen LogP) is 4.85. The molecule has 0 amide bonds. The summed E-state index contributed by atoms with van der Waals surface area (Å²) in [6.07, 6.45) is 1.75. The molecule has 0 bridgehead atoms. The molecule has 0 fully saturated rings. The maximum absolute atomic E-state index is 6.16. The molecular formula is C17H19Cl2NO. The van der Waals surface area contributed by atoms with Crippen molar-refractivity contribution in [3.63, 3.8) is 0 Å². The van der Waals surface area contributed by atoms with Gasteiger partial charge in [-0.2, -0.15) is 0 Å². The number of halogens is 2. The number of para-hydroxylation sites is 1. The summed E-state index contributed by atoms with van der Waals surface area (Å²) in [4.78, 5) is 0. The Morgan fingerprint density at radius 3 is 2.57 bits per heavy atom. The minimum atomic E-state index is 0.147. The van der Waals surface area contributed by atoms with E-state index in [0.717, 1.165) is 29.7 Å². The fraction of sp³-hybridized carbons (Fsp3) is 0.294. The zero-order valence-electron chi connectivity index (χ0n) is 12.0. The van der Waals surface area contributed by atoms with Gasteiger partial charge in [0.05, 0.1) is 0 Å². The maximum Gasteiger partial charge on any atom is 0.123 e. The van der Waals surface area contributed by atoms with Gasteiger partial charge in [0.25, 0.3) is 0 Å². The number of rotatable bonds is 6. The van der Waals surface area contributed by atoms with Crippen molar-refractivity contribution >= 4 is 23.2 Å². The summed E-state index contributed by atoms with van der Waals surface area (Å²) in [6, 6.07) is 13.5. The third-order valence-corrected chi connectivity index (χ3v) is 3.96. The largest absolute Gasteiger partial charge is 0.489 e. The maximum atomic E-state index is 6.16. The van der Waals surface area contributed by atoms with E-state index in [-0.39, 0.29) is 6.04 Å². The van der Waals surface area contributed by atoms with Gasteiger partial charge in [-0.15, -0.1) is 0 Å². The van der Waals surface area contributed by atoms with Crippen molar-refractivity contribution in [2.75, 3.05) is 0 Å². The van der Waals surface area contributed by atoms with Crippen LogP contribution in [0.2, 0.25) is 10.0 Å². The van der Waals surface area contributed by atoms with Gasteiger partial charge < -0.3 is 10.5 Å². The van der Waals surface area contributed by atoms with E-state index in [0.29, 0.717) is 16.7 Å². The van der Waals surface area contributed by atoms with Crippen LogP contribution in [0.5, 0.6) is 5.75 Å². The number of hydrogen-bond donors (Lipinski definition) is 1. The first-order valence-electron chi connectivity index (χ1n) is 7.00. The van der Waals surface area contributed by atoms with Crippen LogP contribution < -0.4 is 10.5 Å². The molecule has 1 unspecified atom stereocenters. The minimum Gasteiger partial charge on any atom is -0.489 e. The van der Waals surface area contributed by atoms with E-state index < -0.39 is 0 Å². The monoisotopic (exact) mass is 323 g/mol. The van der Waals surface area contributed by atoms with Gasteiger partial charge in [-0.25, -0.2) is 0 Å². The Morgan fingerprint density at radius 1 is 1.10 bits per heavy atom. The van der Waals surface area contributed by atoms with E-state index in [1.54, 1.807) is 6.07 Å². The van der Waals surface area contributed by atoms with Crippen molar-refractivity contribution in [1.29, 1.82) is 0 Å². The highest BCUT2D eigenvalue weighted by atomic mass is 35.5. The molecule has 0 aliphatic heterocycles. The van der Waals surface area contributed by atoms with E-state index in [9.17, 15) is 0 Å². The normalized spacial score (nSPS) is 12.2. The molecule has 0 aliphatic rings. The molecule has 0 aromatic heterocycles. The van der Waals surface area contributed by atoms with E-state index >= 15 is 0 Å². The smallest absolute Gasteiger partial charge is 0.123 e. The SMILES string of the molecule is CCC(N)Cc1ccccc1OCc1ccc(Cl)cc1Cl. The van der Waals surface area contributed by atoms with Crippen LogP contribution in [0.3, 0.4) is 0 Å². The average molecular weight is 324 g/mol. The van der Waals surface area contributed by atoms with Crippen molar-refractivity contribution in [3.8, 4) is 5.75 Å². The quantitative estimate of drug-likeness (QED) is 0.824. The van der Waals surface area contributed by atoms with Crippen molar-refractivity contribution in [2.24, 2.45) is 5.73 Å². The van der Waals surface area contributed by atoms with Gasteiger partial charge in [-0.1, -0.05) is 54.4 Å². The van der Waals surface area contributed by atoms with E-state index in [1.807, 2.05) is 36.4 Å². The van der Waals surface area contributed by atoms with Crippen LogP contribution in [0, 0.1) is 0 Å². The molecular weight excluding hydrogens is 305 g/mol. The zero-order valence-corrected chi connectivity index (χ0v) is 13.5. The second-order valence-corrected chi connectivity index (χ2v) is 5.85. The van der Waals surface area contributed by atoms with Crippen LogP contribution >= 0.6 is 23.2 Å². The highest BCUT2D eigenvalue weighted by Crippen LogP contribution is 2.25. The molecule has 0 saturated carbocycles. The second-order valence-electron chi connectivity index (χ2n) is 5.00. The third-order valence-electron chi connectivity index (χ3n) is 3.38. The van der Waals surface area contributed by atoms with Crippen LogP contribution in [0.25, 0.3) is 0 Å². The van der Waals surface area contributed by atoms with Gasteiger partial charge >= 0.3 is 0 Å². The molecule has 2 aromatic rings. The molecule has 4 heteroatoms. The topological polar surface area (TPSA) is 35.2 Å². The molecule has 21 heavy (non-hydrogen) atoms. The zero-order chi connectivity index (χ0) is 15.2. The number of benzene rings is 2. The van der Waals surface area contributed by atoms with Crippen LogP contribution in [0.1, 0.15) is 24.5 Å².